The van der Waals surface area contributed by atoms with Gasteiger partial charge in [0.2, 0.25) is 5.91 Å². The number of carboxylic acid groups (broad SMARTS) is 1. The summed E-state index contributed by atoms with van der Waals surface area (Å²) in [4.78, 5) is 22.6. The van der Waals surface area contributed by atoms with Gasteiger partial charge in [0, 0.05) is 12.3 Å². The molecular formula is C15H20FNO3S. The topological polar surface area (TPSA) is 66.4 Å². The van der Waals surface area contributed by atoms with E-state index in [-0.39, 0.29) is 24.0 Å². The van der Waals surface area contributed by atoms with Gasteiger partial charge in [0.25, 0.3) is 0 Å². The number of hydrogen-bond acceptors (Lipinski definition) is 3. The van der Waals surface area contributed by atoms with Crippen LogP contribution >= 0.6 is 11.8 Å². The number of carbonyl (C=O) groups is 2. The number of halogens is 1. The largest absolute Gasteiger partial charge is 0.481 e. The van der Waals surface area contributed by atoms with Crippen LogP contribution in [0.4, 0.5) is 4.39 Å². The zero-order valence-corrected chi connectivity index (χ0v) is 12.8. The normalized spacial score (nSPS) is 11.9. The van der Waals surface area contributed by atoms with Crippen molar-refractivity contribution in [1.29, 1.82) is 0 Å². The van der Waals surface area contributed by atoms with E-state index in [4.69, 9.17) is 5.11 Å². The van der Waals surface area contributed by atoms with Crippen LogP contribution < -0.4 is 5.32 Å². The molecular weight excluding hydrogens is 293 g/mol. The van der Waals surface area contributed by atoms with Crippen molar-refractivity contribution in [3.05, 3.63) is 35.6 Å². The van der Waals surface area contributed by atoms with Crippen molar-refractivity contribution in [2.45, 2.75) is 25.5 Å². The summed E-state index contributed by atoms with van der Waals surface area (Å²) < 4.78 is 12.7. The van der Waals surface area contributed by atoms with Crippen LogP contribution in [-0.4, -0.2) is 29.3 Å². The molecule has 2 N–H and O–H groups in total. The van der Waals surface area contributed by atoms with Crippen molar-refractivity contribution in [2.24, 2.45) is 5.92 Å². The summed E-state index contributed by atoms with van der Waals surface area (Å²) in [6, 6.07) is 6.14. The van der Waals surface area contributed by atoms with E-state index < -0.39 is 11.9 Å². The monoisotopic (exact) mass is 313 g/mol. The number of benzene rings is 1. The van der Waals surface area contributed by atoms with Gasteiger partial charge in [-0.25, -0.2) is 4.39 Å². The highest BCUT2D eigenvalue weighted by molar-refractivity contribution is 7.99. The van der Waals surface area contributed by atoms with Gasteiger partial charge in [0.15, 0.2) is 0 Å². The summed E-state index contributed by atoms with van der Waals surface area (Å²) in [6.07, 6.45) is 1.32. The molecule has 0 aliphatic heterocycles. The molecule has 0 aliphatic rings. The summed E-state index contributed by atoms with van der Waals surface area (Å²) in [5, 5.41) is 11.6. The molecule has 0 saturated heterocycles. The van der Waals surface area contributed by atoms with E-state index in [1.54, 1.807) is 12.1 Å². The number of carboxylic acids is 1. The van der Waals surface area contributed by atoms with Crippen LogP contribution in [0.15, 0.2) is 24.3 Å². The van der Waals surface area contributed by atoms with Gasteiger partial charge >= 0.3 is 5.97 Å². The maximum Gasteiger partial charge on any atom is 0.308 e. The zero-order chi connectivity index (χ0) is 15.7. The predicted octanol–water partition coefficient (Wildman–Crippen LogP) is 2.68. The van der Waals surface area contributed by atoms with Gasteiger partial charge in [-0.1, -0.05) is 25.5 Å². The molecule has 0 fully saturated rings. The molecule has 0 aliphatic carbocycles. The fourth-order valence-electron chi connectivity index (χ4n) is 1.79. The Kier molecular flexibility index (Phi) is 7.82. The van der Waals surface area contributed by atoms with Gasteiger partial charge in [-0.2, -0.15) is 0 Å². The summed E-state index contributed by atoms with van der Waals surface area (Å²) in [6.45, 7) is 2.08. The Morgan fingerprint density at radius 1 is 1.33 bits per heavy atom. The van der Waals surface area contributed by atoms with Crippen LogP contribution in [0, 0.1) is 11.7 Å². The van der Waals surface area contributed by atoms with Crippen molar-refractivity contribution >= 4 is 23.6 Å². The first kappa shape index (κ1) is 17.5. The lowest BCUT2D eigenvalue weighted by molar-refractivity contribution is -0.141. The highest BCUT2D eigenvalue weighted by Crippen LogP contribution is 2.12. The SMILES string of the molecule is CCCC(CNC(=O)CSCc1ccc(F)cc1)C(=O)O. The molecule has 0 radical (unpaired) electrons. The van der Waals surface area contributed by atoms with Gasteiger partial charge in [-0.3, -0.25) is 9.59 Å². The zero-order valence-electron chi connectivity index (χ0n) is 12.0. The Morgan fingerprint density at radius 3 is 2.57 bits per heavy atom. The average Bonchev–Trinajstić information content (AvgIpc) is 2.45. The summed E-state index contributed by atoms with van der Waals surface area (Å²) in [7, 11) is 0. The highest BCUT2D eigenvalue weighted by atomic mass is 32.2. The quantitative estimate of drug-likeness (QED) is 0.735. The number of rotatable bonds is 9. The minimum atomic E-state index is -0.879. The first-order valence-electron chi connectivity index (χ1n) is 6.84. The first-order valence-corrected chi connectivity index (χ1v) is 8.00. The molecule has 116 valence electrons. The number of aliphatic carboxylic acids is 1. The van der Waals surface area contributed by atoms with Crippen LogP contribution in [0.5, 0.6) is 0 Å². The minimum absolute atomic E-state index is 0.166. The molecule has 1 aromatic carbocycles. The van der Waals surface area contributed by atoms with Crippen molar-refractivity contribution in [2.75, 3.05) is 12.3 Å². The fraction of sp³-hybridized carbons (Fsp3) is 0.467. The van der Waals surface area contributed by atoms with Crippen molar-refractivity contribution in [3.8, 4) is 0 Å². The van der Waals surface area contributed by atoms with Crippen LogP contribution in [-0.2, 0) is 15.3 Å². The lowest BCUT2D eigenvalue weighted by atomic mass is 10.0. The summed E-state index contributed by atoms with van der Waals surface area (Å²) in [5.41, 5.74) is 0.948. The lowest BCUT2D eigenvalue weighted by Crippen LogP contribution is -2.33. The predicted molar refractivity (Wildman–Crippen MR) is 81.6 cm³/mol. The van der Waals surface area contributed by atoms with Crippen LogP contribution in [0.2, 0.25) is 0 Å². The molecule has 0 saturated carbocycles. The molecule has 1 aromatic rings. The van der Waals surface area contributed by atoms with E-state index in [0.717, 1.165) is 12.0 Å². The number of thioether (sulfide) groups is 1. The first-order chi connectivity index (χ1) is 10.0. The van der Waals surface area contributed by atoms with E-state index in [1.807, 2.05) is 6.92 Å². The van der Waals surface area contributed by atoms with Crippen LogP contribution in [0.3, 0.4) is 0 Å². The molecule has 4 nitrogen and oxygen atoms in total. The van der Waals surface area contributed by atoms with E-state index in [1.165, 1.54) is 23.9 Å². The van der Waals surface area contributed by atoms with Crippen molar-refractivity contribution < 1.29 is 19.1 Å². The van der Waals surface area contributed by atoms with Gasteiger partial charge < -0.3 is 10.4 Å². The second-order valence-corrected chi connectivity index (χ2v) is 5.73. The second kappa shape index (κ2) is 9.39. The number of amides is 1. The summed E-state index contributed by atoms with van der Waals surface area (Å²) in [5.74, 6) is -0.986. The number of nitrogens with one attached hydrogen (secondary N) is 1. The molecule has 1 atom stereocenters. The third-order valence-electron chi connectivity index (χ3n) is 2.95. The fourth-order valence-corrected chi connectivity index (χ4v) is 2.61. The molecule has 1 unspecified atom stereocenters. The van der Waals surface area contributed by atoms with E-state index in [9.17, 15) is 14.0 Å². The summed E-state index contributed by atoms with van der Waals surface area (Å²) >= 11 is 1.41. The maximum atomic E-state index is 12.7. The Hall–Kier alpha value is -1.56. The molecule has 0 spiro atoms. The third kappa shape index (κ3) is 7.13. The van der Waals surface area contributed by atoms with E-state index in [2.05, 4.69) is 5.32 Å². The van der Waals surface area contributed by atoms with Gasteiger partial charge in [-0.15, -0.1) is 11.8 Å². The molecule has 21 heavy (non-hydrogen) atoms. The minimum Gasteiger partial charge on any atom is -0.481 e. The lowest BCUT2D eigenvalue weighted by Gasteiger charge is -2.12. The van der Waals surface area contributed by atoms with Crippen LogP contribution in [0.25, 0.3) is 0 Å². The van der Waals surface area contributed by atoms with Crippen molar-refractivity contribution in [1.82, 2.24) is 5.32 Å². The van der Waals surface area contributed by atoms with E-state index >= 15 is 0 Å². The number of carbonyl (C=O) groups excluding carboxylic acids is 1. The molecule has 6 heteroatoms. The van der Waals surface area contributed by atoms with Crippen LogP contribution in [0.1, 0.15) is 25.3 Å². The van der Waals surface area contributed by atoms with Gasteiger partial charge in [0.1, 0.15) is 5.82 Å². The Bertz CT molecular complexity index is 464. The molecule has 0 bridgehead atoms. The average molecular weight is 313 g/mol. The Labute approximate surface area is 128 Å². The molecule has 1 amide bonds. The maximum absolute atomic E-state index is 12.7. The molecule has 0 heterocycles. The Morgan fingerprint density at radius 2 is 2.00 bits per heavy atom. The molecule has 0 aromatic heterocycles. The van der Waals surface area contributed by atoms with Gasteiger partial charge in [-0.05, 0) is 24.1 Å². The molecule has 1 rings (SSSR count). The smallest absolute Gasteiger partial charge is 0.308 e. The second-order valence-electron chi connectivity index (χ2n) is 4.75. The van der Waals surface area contributed by atoms with Gasteiger partial charge in [0.05, 0.1) is 11.7 Å². The van der Waals surface area contributed by atoms with E-state index in [0.29, 0.717) is 12.2 Å². The number of hydrogen-bond donors (Lipinski definition) is 2. The Balaban J connectivity index is 2.24. The third-order valence-corrected chi connectivity index (χ3v) is 3.95. The standard InChI is InChI=1S/C15H20FNO3S/c1-2-3-12(15(19)20)8-17-14(18)10-21-9-11-4-6-13(16)7-5-11/h4-7,12H,2-3,8-10H2,1H3,(H,17,18)(H,19,20). The van der Waals surface area contributed by atoms with Crippen molar-refractivity contribution in [3.63, 3.8) is 0 Å². The highest BCUT2D eigenvalue weighted by Gasteiger charge is 2.16.